The van der Waals surface area contributed by atoms with E-state index in [2.05, 4.69) is 38.1 Å². The summed E-state index contributed by atoms with van der Waals surface area (Å²) >= 11 is 0. The van der Waals surface area contributed by atoms with Crippen molar-refractivity contribution in [2.45, 2.75) is 26.9 Å². The standard InChI is InChI=1S/C18H19NO3/c1-12-5-13(2)15-9-19(10-20-17(15)6-12)8-14-3-4-16-18(7-14)22-11-21-16/h3-7H,8-11H2,1-2H3/p+1. The van der Waals surface area contributed by atoms with E-state index in [0.29, 0.717) is 13.5 Å². The molecule has 2 aliphatic heterocycles. The molecule has 114 valence electrons. The average Bonchev–Trinajstić information content (AvgIpc) is 2.95. The van der Waals surface area contributed by atoms with Gasteiger partial charge in [-0.1, -0.05) is 6.07 Å². The van der Waals surface area contributed by atoms with Crippen LogP contribution in [0, 0.1) is 13.8 Å². The van der Waals surface area contributed by atoms with Crippen molar-refractivity contribution in [2.24, 2.45) is 0 Å². The number of aryl methyl sites for hydroxylation is 2. The van der Waals surface area contributed by atoms with Gasteiger partial charge < -0.3 is 14.2 Å². The molecule has 4 rings (SSSR count). The topological polar surface area (TPSA) is 32.1 Å². The van der Waals surface area contributed by atoms with Crippen LogP contribution in [0.4, 0.5) is 0 Å². The van der Waals surface area contributed by atoms with Gasteiger partial charge in [0.25, 0.3) is 0 Å². The van der Waals surface area contributed by atoms with Crippen LogP contribution in [0.1, 0.15) is 22.3 Å². The second-order valence-corrected chi connectivity index (χ2v) is 6.14. The highest BCUT2D eigenvalue weighted by Crippen LogP contribution is 2.32. The zero-order valence-corrected chi connectivity index (χ0v) is 12.9. The van der Waals surface area contributed by atoms with Crippen molar-refractivity contribution in [3.8, 4) is 17.2 Å². The van der Waals surface area contributed by atoms with Gasteiger partial charge in [-0.05, 0) is 49.2 Å². The normalized spacial score (nSPS) is 18.7. The molecule has 0 bridgehead atoms. The van der Waals surface area contributed by atoms with Crippen LogP contribution in [0.3, 0.4) is 0 Å². The molecular formula is C18H20NO3+. The summed E-state index contributed by atoms with van der Waals surface area (Å²) in [4.78, 5) is 1.40. The van der Waals surface area contributed by atoms with Crippen molar-refractivity contribution in [3.63, 3.8) is 0 Å². The maximum atomic E-state index is 5.97. The van der Waals surface area contributed by atoms with Crippen LogP contribution in [-0.2, 0) is 13.1 Å². The molecule has 22 heavy (non-hydrogen) atoms. The first-order valence-electron chi connectivity index (χ1n) is 7.64. The number of rotatable bonds is 2. The van der Waals surface area contributed by atoms with E-state index in [1.54, 1.807) is 0 Å². The van der Waals surface area contributed by atoms with Gasteiger partial charge in [0.05, 0.1) is 5.56 Å². The van der Waals surface area contributed by atoms with E-state index in [4.69, 9.17) is 14.2 Å². The van der Waals surface area contributed by atoms with E-state index >= 15 is 0 Å². The highest BCUT2D eigenvalue weighted by molar-refractivity contribution is 5.45. The Labute approximate surface area is 130 Å². The summed E-state index contributed by atoms with van der Waals surface area (Å²) in [6.07, 6.45) is 0. The largest absolute Gasteiger partial charge is 0.454 e. The van der Waals surface area contributed by atoms with E-state index in [0.717, 1.165) is 30.3 Å². The second-order valence-electron chi connectivity index (χ2n) is 6.14. The minimum absolute atomic E-state index is 0.324. The van der Waals surface area contributed by atoms with Crippen LogP contribution in [-0.4, -0.2) is 13.5 Å². The number of benzene rings is 2. The predicted molar refractivity (Wildman–Crippen MR) is 82.3 cm³/mol. The molecule has 0 saturated heterocycles. The van der Waals surface area contributed by atoms with Crippen molar-refractivity contribution in [2.75, 3.05) is 13.5 Å². The van der Waals surface area contributed by atoms with Gasteiger partial charge in [0.2, 0.25) is 13.5 Å². The monoisotopic (exact) mass is 298 g/mol. The number of nitrogens with one attached hydrogen (secondary N) is 1. The van der Waals surface area contributed by atoms with Crippen LogP contribution in [0.15, 0.2) is 30.3 Å². The first-order chi connectivity index (χ1) is 10.7. The SMILES string of the molecule is Cc1cc(C)c2c(c1)OC[NH+](Cc1ccc3c(c1)OCO3)C2. The van der Waals surface area contributed by atoms with Gasteiger partial charge in [-0.15, -0.1) is 0 Å². The Morgan fingerprint density at radius 1 is 0.955 bits per heavy atom. The van der Waals surface area contributed by atoms with Crippen LogP contribution in [0.5, 0.6) is 17.2 Å². The molecule has 0 fully saturated rings. The van der Waals surface area contributed by atoms with Crippen LogP contribution in [0.2, 0.25) is 0 Å². The summed E-state index contributed by atoms with van der Waals surface area (Å²) in [7, 11) is 0. The fraction of sp³-hybridized carbons (Fsp3) is 0.333. The summed E-state index contributed by atoms with van der Waals surface area (Å²) in [6.45, 7) is 7.22. The highest BCUT2D eigenvalue weighted by Gasteiger charge is 2.23. The van der Waals surface area contributed by atoms with E-state index in [1.807, 2.05) is 6.07 Å². The van der Waals surface area contributed by atoms with E-state index in [-0.39, 0.29) is 0 Å². The third-order valence-electron chi connectivity index (χ3n) is 4.33. The van der Waals surface area contributed by atoms with E-state index in [9.17, 15) is 0 Å². The molecule has 1 N–H and O–H groups in total. The number of hydrogen-bond acceptors (Lipinski definition) is 3. The molecule has 4 heteroatoms. The lowest BCUT2D eigenvalue weighted by Gasteiger charge is -2.27. The molecule has 2 aliphatic rings. The molecule has 0 aliphatic carbocycles. The molecule has 0 saturated carbocycles. The summed E-state index contributed by atoms with van der Waals surface area (Å²) < 4.78 is 16.8. The quantitative estimate of drug-likeness (QED) is 0.920. The maximum absolute atomic E-state index is 5.97. The Bertz CT molecular complexity index is 727. The van der Waals surface area contributed by atoms with E-state index < -0.39 is 0 Å². The summed E-state index contributed by atoms with van der Waals surface area (Å²) in [5, 5.41) is 0. The first kappa shape index (κ1) is 13.5. The Morgan fingerprint density at radius 2 is 1.82 bits per heavy atom. The molecular weight excluding hydrogens is 278 g/mol. The van der Waals surface area contributed by atoms with Gasteiger partial charge in [-0.25, -0.2) is 0 Å². The van der Waals surface area contributed by atoms with Crippen molar-refractivity contribution in [1.82, 2.24) is 0 Å². The Morgan fingerprint density at radius 3 is 2.73 bits per heavy atom. The Kier molecular flexibility index (Phi) is 3.19. The zero-order chi connectivity index (χ0) is 15.1. The van der Waals surface area contributed by atoms with Crippen molar-refractivity contribution in [1.29, 1.82) is 0 Å². The van der Waals surface area contributed by atoms with Gasteiger partial charge in [0, 0.05) is 5.56 Å². The van der Waals surface area contributed by atoms with Crippen LogP contribution in [0.25, 0.3) is 0 Å². The molecule has 0 aromatic heterocycles. The minimum Gasteiger partial charge on any atom is -0.454 e. The summed E-state index contributed by atoms with van der Waals surface area (Å²) in [6, 6.07) is 10.5. The second kappa shape index (κ2) is 5.21. The number of hydrogen-bond donors (Lipinski definition) is 1. The van der Waals surface area contributed by atoms with Crippen LogP contribution >= 0.6 is 0 Å². The molecule has 0 spiro atoms. The predicted octanol–water partition coefficient (Wildman–Crippen LogP) is 1.97. The first-order valence-corrected chi connectivity index (χ1v) is 7.64. The van der Waals surface area contributed by atoms with Gasteiger partial charge >= 0.3 is 0 Å². The summed E-state index contributed by atoms with van der Waals surface area (Å²) in [5.41, 5.74) is 5.15. The fourth-order valence-corrected chi connectivity index (χ4v) is 3.25. The minimum atomic E-state index is 0.324. The number of fused-ring (bicyclic) bond motifs is 2. The Balaban J connectivity index is 1.53. The third-order valence-corrected chi connectivity index (χ3v) is 4.33. The lowest BCUT2D eigenvalue weighted by molar-refractivity contribution is -0.945. The zero-order valence-electron chi connectivity index (χ0n) is 12.9. The number of quaternary nitrogens is 1. The van der Waals surface area contributed by atoms with Gasteiger partial charge in [0.1, 0.15) is 18.8 Å². The number of ether oxygens (including phenoxy) is 3. The molecule has 1 unspecified atom stereocenters. The van der Waals surface area contributed by atoms with Crippen molar-refractivity contribution < 1.29 is 19.1 Å². The molecule has 0 radical (unpaired) electrons. The summed E-state index contributed by atoms with van der Waals surface area (Å²) in [5.74, 6) is 2.74. The lowest BCUT2D eigenvalue weighted by atomic mass is 10.0. The Hall–Kier alpha value is -2.20. The van der Waals surface area contributed by atoms with Gasteiger partial charge in [-0.2, -0.15) is 0 Å². The van der Waals surface area contributed by atoms with Crippen LogP contribution < -0.4 is 19.1 Å². The molecule has 1 atom stereocenters. The fourth-order valence-electron chi connectivity index (χ4n) is 3.25. The van der Waals surface area contributed by atoms with Gasteiger partial charge in [-0.3, -0.25) is 4.90 Å². The van der Waals surface area contributed by atoms with Crippen molar-refractivity contribution >= 4 is 0 Å². The lowest BCUT2D eigenvalue weighted by Crippen LogP contribution is -3.11. The smallest absolute Gasteiger partial charge is 0.231 e. The van der Waals surface area contributed by atoms with Gasteiger partial charge in [0.15, 0.2) is 11.5 Å². The molecule has 2 aromatic rings. The molecule has 2 heterocycles. The van der Waals surface area contributed by atoms with Crippen molar-refractivity contribution in [3.05, 3.63) is 52.6 Å². The molecule has 0 amide bonds. The highest BCUT2D eigenvalue weighted by atomic mass is 16.7. The average molecular weight is 298 g/mol. The molecule has 2 aromatic carbocycles. The molecule has 4 nitrogen and oxygen atoms in total. The third kappa shape index (κ3) is 2.40. The van der Waals surface area contributed by atoms with E-state index in [1.165, 1.54) is 27.2 Å². The maximum Gasteiger partial charge on any atom is 0.231 e.